The van der Waals surface area contributed by atoms with Crippen molar-refractivity contribution >= 4 is 52.9 Å². The number of carbonyl (C=O) groups excluding carboxylic acids is 2. The fourth-order valence-electron chi connectivity index (χ4n) is 4.88. The van der Waals surface area contributed by atoms with Gasteiger partial charge in [0.15, 0.2) is 0 Å². The van der Waals surface area contributed by atoms with E-state index in [-0.39, 0.29) is 22.5 Å². The maximum absolute atomic E-state index is 14.7. The third-order valence-corrected chi connectivity index (χ3v) is 7.47. The number of amides is 2. The number of hydrogen-bond donors (Lipinski definition) is 4. The first-order valence-electron chi connectivity index (χ1n) is 13.2. The van der Waals surface area contributed by atoms with Crippen molar-refractivity contribution in [3.63, 3.8) is 0 Å². The van der Waals surface area contributed by atoms with Gasteiger partial charge in [-0.05, 0) is 68.3 Å². The first kappa shape index (κ1) is 33.3. The summed E-state index contributed by atoms with van der Waals surface area (Å²) in [4.78, 5) is 34.0. The zero-order valence-electron chi connectivity index (χ0n) is 23.7. The van der Waals surface area contributed by atoms with E-state index in [9.17, 15) is 24.0 Å². The van der Waals surface area contributed by atoms with Gasteiger partial charge in [0, 0.05) is 29.2 Å². The van der Waals surface area contributed by atoms with Gasteiger partial charge in [0.2, 0.25) is 12.3 Å². The Kier molecular flexibility index (Phi) is 11.5. The molecule has 1 aliphatic heterocycles. The molecule has 1 saturated heterocycles. The van der Waals surface area contributed by atoms with Crippen LogP contribution in [0.5, 0.6) is 5.75 Å². The van der Waals surface area contributed by atoms with Crippen LogP contribution in [0.2, 0.25) is 10.0 Å². The Labute approximate surface area is 258 Å². The number of methoxy groups -OCH3 is 1. The lowest BCUT2D eigenvalue weighted by atomic mass is 9.78. The molecule has 0 saturated carbocycles. The number of halogens is 3. The van der Waals surface area contributed by atoms with E-state index < -0.39 is 29.0 Å². The molecule has 43 heavy (non-hydrogen) atoms. The van der Waals surface area contributed by atoms with E-state index in [1.165, 1.54) is 31.4 Å². The minimum absolute atomic E-state index is 0.0253. The Morgan fingerprint density at radius 1 is 1.19 bits per heavy atom. The normalized spacial score (nSPS) is 17.6. The highest BCUT2D eigenvalue weighted by Crippen LogP contribution is 2.39. The molecule has 4 N–H and O–H groups in total. The Morgan fingerprint density at radius 2 is 1.91 bits per heavy atom. The summed E-state index contributed by atoms with van der Waals surface area (Å²) in [5.74, 6) is -2.47. The monoisotopic (exact) mass is 628 g/mol. The zero-order valence-corrected chi connectivity index (χ0v) is 25.2. The number of carbonyl (C=O) groups is 3. The third kappa shape index (κ3) is 8.67. The number of carboxylic acid groups (broad SMARTS) is 1. The van der Waals surface area contributed by atoms with Crippen LogP contribution in [-0.2, 0) is 9.59 Å². The number of carboxylic acids is 1. The second-order valence-corrected chi connectivity index (χ2v) is 11.3. The van der Waals surface area contributed by atoms with Gasteiger partial charge in [-0.15, -0.1) is 0 Å². The van der Waals surface area contributed by atoms with Crippen molar-refractivity contribution in [3.8, 4) is 11.8 Å². The van der Waals surface area contributed by atoms with Crippen molar-refractivity contribution in [1.29, 1.82) is 5.26 Å². The molecule has 0 aromatic heterocycles. The summed E-state index contributed by atoms with van der Waals surface area (Å²) in [5, 5.41) is 27.3. The number of rotatable bonds is 9. The topological polar surface area (TPSA) is 141 Å². The molecule has 0 bridgehead atoms. The van der Waals surface area contributed by atoms with E-state index in [0.29, 0.717) is 47.1 Å². The van der Waals surface area contributed by atoms with Crippen LogP contribution in [-0.4, -0.2) is 43.1 Å². The van der Waals surface area contributed by atoms with Crippen LogP contribution in [0.15, 0.2) is 60.7 Å². The van der Waals surface area contributed by atoms with Gasteiger partial charge in [0.25, 0.3) is 0 Å². The maximum atomic E-state index is 14.7. The lowest BCUT2D eigenvalue weighted by Crippen LogP contribution is -2.39. The number of ether oxygens (including phenoxy) is 1. The number of nitriles is 1. The first-order valence-corrected chi connectivity index (χ1v) is 13.9. The van der Waals surface area contributed by atoms with Crippen LogP contribution in [0, 0.1) is 28.5 Å². The standard InChI is InChI=1S/C22H22Cl2FN3O.C9H9NO4/c1-22(2,12-26)10-18-19(21(29)28-14-6-3-5-13(23)9-14)16(11-27-18)15-7-4-8-17(24)20(15)25;1-14-8-4-6(9(12)13)2-3-7(8)10-5-11/h3-9,16,18-19,27H,10-11H2,1-2H3,(H,28,29);2-5H,1H3,(H,10,11)(H,12,13). The number of benzene rings is 3. The van der Waals surface area contributed by atoms with Crippen molar-refractivity contribution < 1.29 is 28.6 Å². The summed E-state index contributed by atoms with van der Waals surface area (Å²) in [6.45, 7) is 4.07. The molecule has 1 heterocycles. The highest BCUT2D eigenvalue weighted by atomic mass is 35.5. The fraction of sp³-hybridized carbons (Fsp3) is 0.290. The van der Waals surface area contributed by atoms with Gasteiger partial charge in [-0.2, -0.15) is 5.26 Å². The SMILES string of the molecule is CC(C)(C#N)CC1NCC(c2cccc(Cl)c2F)C1C(=O)Nc1cccc(Cl)c1.COc1cc(C(=O)O)ccc1NC=O. The number of nitrogens with one attached hydrogen (secondary N) is 3. The summed E-state index contributed by atoms with van der Waals surface area (Å²) < 4.78 is 19.6. The van der Waals surface area contributed by atoms with E-state index in [1.807, 2.05) is 13.8 Å². The fourth-order valence-corrected chi connectivity index (χ4v) is 5.25. The molecule has 1 fully saturated rings. The maximum Gasteiger partial charge on any atom is 0.335 e. The first-order chi connectivity index (χ1) is 20.4. The molecule has 3 unspecified atom stereocenters. The highest BCUT2D eigenvalue weighted by molar-refractivity contribution is 6.31. The number of aromatic carboxylic acids is 1. The third-order valence-electron chi connectivity index (χ3n) is 6.94. The number of nitrogens with zero attached hydrogens (tertiary/aromatic N) is 1. The zero-order chi connectivity index (χ0) is 31.7. The summed E-state index contributed by atoms with van der Waals surface area (Å²) in [6, 6.07) is 17.9. The molecule has 226 valence electrons. The number of anilines is 2. The molecular formula is C31H31Cl2FN4O5. The molecule has 3 aromatic carbocycles. The predicted octanol–water partition coefficient (Wildman–Crippen LogP) is 6.34. The van der Waals surface area contributed by atoms with E-state index in [0.717, 1.165) is 0 Å². The van der Waals surface area contributed by atoms with Crippen molar-refractivity contribution in [2.24, 2.45) is 11.3 Å². The second-order valence-electron chi connectivity index (χ2n) is 10.5. The van der Waals surface area contributed by atoms with Gasteiger partial charge in [0.1, 0.15) is 11.6 Å². The Hall–Kier alpha value is -4.17. The molecule has 12 heteroatoms. The number of hydrogen-bond acceptors (Lipinski definition) is 6. The molecule has 4 rings (SSSR count). The molecular weight excluding hydrogens is 598 g/mol. The van der Waals surface area contributed by atoms with Crippen LogP contribution >= 0.6 is 23.2 Å². The van der Waals surface area contributed by atoms with Crippen LogP contribution < -0.4 is 20.7 Å². The van der Waals surface area contributed by atoms with Gasteiger partial charge >= 0.3 is 5.97 Å². The van der Waals surface area contributed by atoms with Crippen LogP contribution in [0.1, 0.15) is 42.1 Å². The lowest BCUT2D eigenvalue weighted by molar-refractivity contribution is -0.120. The minimum atomic E-state index is -1.04. The predicted molar refractivity (Wildman–Crippen MR) is 163 cm³/mol. The van der Waals surface area contributed by atoms with Gasteiger partial charge in [-0.3, -0.25) is 9.59 Å². The van der Waals surface area contributed by atoms with Crippen LogP contribution in [0.25, 0.3) is 0 Å². The van der Waals surface area contributed by atoms with Gasteiger partial charge in [-0.1, -0.05) is 41.4 Å². The Balaban J connectivity index is 0.000000303. The van der Waals surface area contributed by atoms with Crippen LogP contribution in [0.3, 0.4) is 0 Å². The smallest absolute Gasteiger partial charge is 0.335 e. The summed E-state index contributed by atoms with van der Waals surface area (Å²) in [5.41, 5.74) is 0.880. The average Bonchev–Trinajstić information content (AvgIpc) is 3.37. The molecule has 0 spiro atoms. The van der Waals surface area contributed by atoms with Crippen molar-refractivity contribution in [2.75, 3.05) is 24.3 Å². The molecule has 1 aliphatic rings. The van der Waals surface area contributed by atoms with Crippen molar-refractivity contribution in [3.05, 3.63) is 87.7 Å². The van der Waals surface area contributed by atoms with Gasteiger partial charge in [-0.25, -0.2) is 9.18 Å². The van der Waals surface area contributed by atoms with Crippen molar-refractivity contribution in [2.45, 2.75) is 32.2 Å². The van der Waals surface area contributed by atoms with Gasteiger partial charge < -0.3 is 25.8 Å². The Morgan fingerprint density at radius 3 is 2.53 bits per heavy atom. The van der Waals surface area contributed by atoms with Crippen LogP contribution in [0.4, 0.5) is 15.8 Å². The van der Waals surface area contributed by atoms with E-state index in [1.54, 1.807) is 36.4 Å². The Bertz CT molecular complexity index is 1530. The van der Waals surface area contributed by atoms with Crippen molar-refractivity contribution in [1.82, 2.24) is 5.32 Å². The molecule has 3 atom stereocenters. The summed E-state index contributed by atoms with van der Waals surface area (Å²) >= 11 is 12.0. The average molecular weight is 630 g/mol. The highest BCUT2D eigenvalue weighted by Gasteiger charge is 2.44. The minimum Gasteiger partial charge on any atom is -0.495 e. The largest absolute Gasteiger partial charge is 0.495 e. The van der Waals surface area contributed by atoms with E-state index >= 15 is 0 Å². The molecule has 0 aliphatic carbocycles. The second kappa shape index (κ2) is 14.8. The molecule has 0 radical (unpaired) electrons. The molecule has 9 nitrogen and oxygen atoms in total. The van der Waals surface area contributed by atoms with Gasteiger partial charge in [0.05, 0.1) is 40.8 Å². The molecule has 2 amide bonds. The van der Waals surface area contributed by atoms with E-state index in [2.05, 4.69) is 22.0 Å². The quantitative estimate of drug-likeness (QED) is 0.202. The molecule has 3 aromatic rings. The summed E-state index contributed by atoms with van der Waals surface area (Å²) in [7, 11) is 1.40. The van der Waals surface area contributed by atoms with E-state index in [4.69, 9.17) is 33.0 Å². The summed E-state index contributed by atoms with van der Waals surface area (Å²) in [6.07, 6.45) is 0.952. The lowest BCUT2D eigenvalue weighted by Gasteiger charge is -2.27.